The third-order valence-electron chi connectivity index (χ3n) is 4.02. The number of carbonyl (C=O) groups excluding carboxylic acids is 2. The molecule has 0 unspecified atom stereocenters. The predicted octanol–water partition coefficient (Wildman–Crippen LogP) is 4.15. The quantitative estimate of drug-likeness (QED) is 0.628. The zero-order chi connectivity index (χ0) is 20.6. The van der Waals surface area contributed by atoms with Crippen LogP contribution in [-0.4, -0.2) is 19.0 Å². The van der Waals surface area contributed by atoms with Crippen molar-refractivity contribution in [2.45, 2.75) is 40.5 Å². The maximum absolute atomic E-state index is 14.4. The van der Waals surface area contributed by atoms with Crippen LogP contribution in [0.2, 0.25) is 0 Å². The lowest BCUT2D eigenvalue weighted by atomic mass is 9.92. The number of primary amides is 1. The molecule has 2 rings (SSSR count). The van der Waals surface area contributed by atoms with Crippen molar-refractivity contribution in [1.82, 2.24) is 0 Å². The molecule has 1 amide bonds. The van der Waals surface area contributed by atoms with Gasteiger partial charge in [-0.3, -0.25) is 9.59 Å². The Kier molecular flexibility index (Phi) is 8.59. The molecule has 0 aliphatic heterocycles. The van der Waals surface area contributed by atoms with Gasteiger partial charge in [0.2, 0.25) is 6.41 Å². The molecule has 0 saturated heterocycles. The fourth-order valence-electron chi connectivity index (χ4n) is 3.00. The van der Waals surface area contributed by atoms with Crippen LogP contribution in [0.25, 0.3) is 11.1 Å². The molecule has 6 heteroatoms. The van der Waals surface area contributed by atoms with Gasteiger partial charge in [-0.1, -0.05) is 0 Å². The summed E-state index contributed by atoms with van der Waals surface area (Å²) in [4.78, 5) is 20.1. The highest BCUT2D eigenvalue weighted by Crippen LogP contribution is 2.31. The number of aryl methyl sites for hydroxylation is 4. The van der Waals surface area contributed by atoms with Gasteiger partial charge in [0.25, 0.3) is 0 Å². The molecule has 0 bridgehead atoms. The second-order valence-electron chi connectivity index (χ2n) is 6.12. The van der Waals surface area contributed by atoms with Gasteiger partial charge in [-0.15, -0.1) is 0 Å². The Morgan fingerprint density at radius 2 is 1.63 bits per heavy atom. The minimum absolute atomic E-state index is 0.134. The Morgan fingerprint density at radius 3 is 2.15 bits per heavy atom. The molecular formula is C21H25F2NO3. The maximum atomic E-state index is 14.4. The summed E-state index contributed by atoms with van der Waals surface area (Å²) in [6.45, 7) is 7.42. The van der Waals surface area contributed by atoms with Crippen molar-refractivity contribution in [3.8, 4) is 11.1 Å². The van der Waals surface area contributed by atoms with Crippen LogP contribution in [0.3, 0.4) is 0 Å². The van der Waals surface area contributed by atoms with Gasteiger partial charge in [0, 0.05) is 6.42 Å². The second kappa shape index (κ2) is 10.4. The van der Waals surface area contributed by atoms with Crippen molar-refractivity contribution in [3.63, 3.8) is 0 Å². The number of ether oxygens (including phenoxy) is 1. The van der Waals surface area contributed by atoms with Crippen molar-refractivity contribution < 1.29 is 23.1 Å². The van der Waals surface area contributed by atoms with E-state index < -0.39 is 0 Å². The summed E-state index contributed by atoms with van der Waals surface area (Å²) >= 11 is 0. The number of amides is 1. The molecule has 146 valence electrons. The Bertz CT molecular complexity index is 796. The molecule has 0 aliphatic rings. The third-order valence-corrected chi connectivity index (χ3v) is 4.02. The van der Waals surface area contributed by atoms with Crippen molar-refractivity contribution in [3.05, 3.63) is 58.2 Å². The van der Waals surface area contributed by atoms with Crippen LogP contribution in [-0.2, 0) is 20.7 Å². The Hall–Kier alpha value is -2.76. The number of nitrogens with two attached hydrogens (primary N) is 1. The van der Waals surface area contributed by atoms with E-state index in [9.17, 15) is 13.6 Å². The van der Waals surface area contributed by atoms with E-state index in [0.717, 1.165) is 22.3 Å². The standard InChI is InChI=1S/C20H22F2O2.CH3NO/c1-5-24-18(23)7-6-15-11-16(8-14(4)20(15)22)19-12(2)9-17(21)10-13(19)3;2-1-3/h8-11H,5-7H2,1-4H3;1H,(H2,2,3). The topological polar surface area (TPSA) is 69.4 Å². The molecule has 27 heavy (non-hydrogen) atoms. The molecule has 2 N–H and O–H groups in total. The maximum Gasteiger partial charge on any atom is 0.306 e. The first-order chi connectivity index (χ1) is 12.7. The van der Waals surface area contributed by atoms with Gasteiger partial charge in [-0.05, 0) is 91.8 Å². The zero-order valence-electron chi connectivity index (χ0n) is 16.1. The normalized spacial score (nSPS) is 10.0. The third kappa shape index (κ3) is 6.16. The average molecular weight is 377 g/mol. The number of carbonyl (C=O) groups is 2. The van der Waals surface area contributed by atoms with E-state index in [4.69, 9.17) is 9.53 Å². The number of esters is 1. The van der Waals surface area contributed by atoms with E-state index in [-0.39, 0.29) is 36.9 Å². The Morgan fingerprint density at radius 1 is 1.07 bits per heavy atom. The van der Waals surface area contributed by atoms with E-state index >= 15 is 0 Å². The summed E-state index contributed by atoms with van der Waals surface area (Å²) in [5, 5.41) is 0. The van der Waals surface area contributed by atoms with Gasteiger partial charge < -0.3 is 10.5 Å². The summed E-state index contributed by atoms with van der Waals surface area (Å²) in [6, 6.07) is 6.45. The number of hydrogen-bond donors (Lipinski definition) is 1. The Labute approximate surface area is 158 Å². The Balaban J connectivity index is 0.00000114. The first kappa shape index (κ1) is 22.3. The number of rotatable bonds is 5. The van der Waals surface area contributed by atoms with E-state index in [1.165, 1.54) is 12.1 Å². The van der Waals surface area contributed by atoms with Gasteiger partial charge in [-0.2, -0.15) is 0 Å². The smallest absolute Gasteiger partial charge is 0.306 e. The monoisotopic (exact) mass is 377 g/mol. The lowest BCUT2D eigenvalue weighted by Gasteiger charge is -2.14. The van der Waals surface area contributed by atoms with Crippen LogP contribution in [0.5, 0.6) is 0 Å². The highest BCUT2D eigenvalue weighted by molar-refractivity contribution is 5.73. The van der Waals surface area contributed by atoms with Crippen LogP contribution in [0, 0.1) is 32.4 Å². The minimum Gasteiger partial charge on any atom is -0.466 e. The van der Waals surface area contributed by atoms with Gasteiger partial charge >= 0.3 is 5.97 Å². The van der Waals surface area contributed by atoms with Crippen LogP contribution in [0.15, 0.2) is 24.3 Å². The number of halogens is 2. The number of hydrogen-bond acceptors (Lipinski definition) is 3. The second-order valence-corrected chi connectivity index (χ2v) is 6.12. The average Bonchev–Trinajstić information content (AvgIpc) is 2.56. The fourth-order valence-corrected chi connectivity index (χ4v) is 3.00. The summed E-state index contributed by atoms with van der Waals surface area (Å²) < 4.78 is 32.8. The molecule has 0 saturated carbocycles. The molecule has 2 aromatic carbocycles. The minimum atomic E-state index is -0.339. The van der Waals surface area contributed by atoms with Crippen LogP contribution >= 0.6 is 0 Å². The SMILES string of the molecule is CCOC(=O)CCc1cc(-c2c(C)cc(F)cc2C)cc(C)c1F.NC=O. The molecule has 0 spiro atoms. The van der Waals surface area contributed by atoms with Crippen molar-refractivity contribution in [2.24, 2.45) is 5.73 Å². The van der Waals surface area contributed by atoms with Crippen LogP contribution in [0.4, 0.5) is 8.78 Å². The summed E-state index contributed by atoms with van der Waals surface area (Å²) in [5.41, 5.74) is 8.49. The largest absolute Gasteiger partial charge is 0.466 e. The van der Waals surface area contributed by atoms with Gasteiger partial charge in [-0.25, -0.2) is 8.78 Å². The van der Waals surface area contributed by atoms with Gasteiger partial charge in [0.05, 0.1) is 6.61 Å². The first-order valence-corrected chi connectivity index (χ1v) is 8.62. The van der Waals surface area contributed by atoms with Crippen molar-refractivity contribution >= 4 is 12.4 Å². The van der Waals surface area contributed by atoms with Crippen LogP contribution in [0.1, 0.15) is 35.6 Å². The molecule has 0 heterocycles. The lowest BCUT2D eigenvalue weighted by molar-refractivity contribution is -0.143. The predicted molar refractivity (Wildman–Crippen MR) is 101 cm³/mol. The van der Waals surface area contributed by atoms with Gasteiger partial charge in [0.1, 0.15) is 11.6 Å². The summed E-state index contributed by atoms with van der Waals surface area (Å²) in [6.07, 6.45) is 0.660. The molecule has 0 radical (unpaired) electrons. The van der Waals surface area contributed by atoms with Crippen molar-refractivity contribution in [2.75, 3.05) is 6.61 Å². The van der Waals surface area contributed by atoms with E-state index in [1.807, 2.05) is 13.8 Å². The molecule has 0 aliphatic carbocycles. The van der Waals surface area contributed by atoms with E-state index in [2.05, 4.69) is 5.73 Å². The van der Waals surface area contributed by atoms with Crippen LogP contribution < -0.4 is 5.73 Å². The van der Waals surface area contributed by atoms with E-state index in [0.29, 0.717) is 17.7 Å². The molecule has 0 atom stereocenters. The molecule has 2 aromatic rings. The van der Waals surface area contributed by atoms with Gasteiger partial charge in [0.15, 0.2) is 0 Å². The molecule has 0 fully saturated rings. The summed E-state index contributed by atoms with van der Waals surface area (Å²) in [5.74, 6) is -0.926. The lowest BCUT2D eigenvalue weighted by Crippen LogP contribution is -2.06. The fraction of sp³-hybridized carbons (Fsp3) is 0.333. The van der Waals surface area contributed by atoms with E-state index in [1.54, 1.807) is 26.0 Å². The summed E-state index contributed by atoms with van der Waals surface area (Å²) in [7, 11) is 0. The molecule has 4 nitrogen and oxygen atoms in total. The first-order valence-electron chi connectivity index (χ1n) is 8.62. The zero-order valence-corrected chi connectivity index (χ0v) is 16.1. The molecular weight excluding hydrogens is 352 g/mol. The highest BCUT2D eigenvalue weighted by Gasteiger charge is 2.14. The number of benzene rings is 2. The highest BCUT2D eigenvalue weighted by atomic mass is 19.1. The van der Waals surface area contributed by atoms with Crippen molar-refractivity contribution in [1.29, 1.82) is 0 Å². The molecule has 0 aromatic heterocycles.